The number of fused-ring (bicyclic) bond motifs is 4. The van der Waals surface area contributed by atoms with Gasteiger partial charge in [-0.3, -0.25) is 20.1 Å². The highest BCUT2D eigenvalue weighted by Crippen LogP contribution is 2.36. The Morgan fingerprint density at radius 3 is 1.06 bits per heavy atom. The summed E-state index contributed by atoms with van der Waals surface area (Å²) in [7, 11) is -13.5. The summed E-state index contributed by atoms with van der Waals surface area (Å²) in [6.07, 6.45) is 12.1. The molecule has 1 atom stereocenters. The van der Waals surface area contributed by atoms with E-state index in [2.05, 4.69) is 178 Å². The highest BCUT2D eigenvalue weighted by molar-refractivity contribution is 7.96. The first-order chi connectivity index (χ1) is 46.7. The molecule has 4 aliphatic heterocycles. The number of anilines is 4. The monoisotopic (exact) mass is 1430 g/mol. The second kappa shape index (κ2) is 30.7. The SMILES string of the molecule is C=S(N)(=O)N1CCCN(c2ncnc3cc(-c4ccn[nH]4)c(C)cc23)CC1.Cc1cc2ncc(C)c(N3CCCN(S(N)(=O)=O)CC3)c2cc1C.Cc1cc2ncc(C)c(N3CCCN(S(N)(=O)=O)CC3)c2cc1C.Cc1cc2ncc(C)c(N3CCCN(S(N)(=O)=O)CC3)c2cc1C. The number of pyridine rings is 3. The van der Waals surface area contributed by atoms with Crippen LogP contribution in [-0.2, 0) is 40.5 Å². The predicted octanol–water partition coefficient (Wildman–Crippen LogP) is 6.97. The van der Waals surface area contributed by atoms with Crippen LogP contribution in [0.4, 0.5) is 22.9 Å². The summed E-state index contributed by atoms with van der Waals surface area (Å²) in [4.78, 5) is 31.7. The fourth-order valence-corrected chi connectivity index (χ4v) is 16.5. The van der Waals surface area contributed by atoms with Crippen LogP contribution in [0, 0.1) is 69.2 Å². The first kappa shape index (κ1) is 74.1. The fraction of sp³-hybridized carbons (Fsp3) is 0.435. The molecule has 4 fully saturated rings. The molecular formula is C69H95N19O7S4. The summed E-state index contributed by atoms with van der Waals surface area (Å²) < 4.78 is 87.6. The number of aromatic nitrogens is 7. The van der Waals surface area contributed by atoms with Gasteiger partial charge in [0.1, 0.15) is 12.1 Å². The molecule has 26 nitrogen and oxygen atoms in total. The van der Waals surface area contributed by atoms with Crippen molar-refractivity contribution in [1.82, 2.24) is 52.3 Å². The van der Waals surface area contributed by atoms with E-state index in [1.165, 1.54) is 46.3 Å². The topological polar surface area (TPSA) is 343 Å². The Hall–Kier alpha value is -7.59. The molecule has 9 aromatic rings. The van der Waals surface area contributed by atoms with Crippen molar-refractivity contribution in [3.05, 3.63) is 141 Å². The Kier molecular flexibility index (Phi) is 23.0. The standard InChI is InChI=1S/C18H23N7OS.3C17H24N4O2S/c1-13-10-15-17(11-14(13)16-4-5-22-23-16)20-12-21-18(15)24-6-3-7-25(9-8-24)27(2,19)26;3*1-12-9-15-16(10-13(12)2)19-11-14(3)17(15)20-5-4-6-21(8-7-20)24(18,22)23/h4-5,10-12H,2-3,6-9H2,1H3,(H2,19,26)(H,22,23);3*9-11H,4-8H2,1-3H3,(H2,18,22,23). The van der Waals surface area contributed by atoms with Crippen LogP contribution in [0.15, 0.2) is 85.7 Å². The number of aromatic amines is 1. The van der Waals surface area contributed by atoms with E-state index in [-0.39, 0.29) is 0 Å². The minimum Gasteiger partial charge on any atom is -0.369 e. The van der Waals surface area contributed by atoms with Crippen molar-refractivity contribution in [1.29, 1.82) is 0 Å². The van der Waals surface area contributed by atoms with Gasteiger partial charge in [0.15, 0.2) is 0 Å². The van der Waals surface area contributed by atoms with Gasteiger partial charge in [0, 0.05) is 157 Å². The Balaban J connectivity index is 0.000000143. The summed E-state index contributed by atoms with van der Waals surface area (Å²) in [6, 6.07) is 19.0. The van der Waals surface area contributed by atoms with Gasteiger partial charge in [-0.2, -0.15) is 43.3 Å². The molecule has 0 spiro atoms. The van der Waals surface area contributed by atoms with Gasteiger partial charge in [-0.25, -0.2) is 39.0 Å². The first-order valence-electron chi connectivity index (χ1n) is 33.3. The van der Waals surface area contributed by atoms with Crippen LogP contribution in [0.3, 0.4) is 0 Å². The van der Waals surface area contributed by atoms with Gasteiger partial charge in [0.25, 0.3) is 30.6 Å². The molecule has 99 heavy (non-hydrogen) atoms. The van der Waals surface area contributed by atoms with E-state index in [0.29, 0.717) is 78.5 Å². The van der Waals surface area contributed by atoms with Crippen LogP contribution >= 0.6 is 0 Å². The molecular weight excluding hydrogens is 1340 g/mol. The summed E-state index contributed by atoms with van der Waals surface area (Å²) in [5.74, 6) is 4.51. The van der Waals surface area contributed by atoms with Crippen molar-refractivity contribution in [3.8, 4) is 11.3 Å². The van der Waals surface area contributed by atoms with E-state index in [1.54, 1.807) is 16.8 Å². The Bertz CT molecular complexity index is 4580. The van der Waals surface area contributed by atoms with Crippen molar-refractivity contribution in [2.75, 3.05) is 124 Å². The number of nitrogens with zero attached hydrogens (tertiary/aromatic N) is 14. The maximum Gasteiger partial charge on any atom is 0.276 e. The van der Waals surface area contributed by atoms with E-state index in [9.17, 15) is 29.5 Å². The van der Waals surface area contributed by atoms with Gasteiger partial charge in [-0.1, -0.05) is 0 Å². The zero-order valence-corrected chi connectivity index (χ0v) is 61.8. The zero-order valence-electron chi connectivity index (χ0n) is 58.5. The third-order valence-corrected chi connectivity index (χ3v) is 23.7. The van der Waals surface area contributed by atoms with Gasteiger partial charge in [-0.15, -0.1) is 0 Å². The van der Waals surface area contributed by atoms with Crippen LogP contribution in [0.5, 0.6) is 0 Å². The largest absolute Gasteiger partial charge is 0.369 e. The summed E-state index contributed by atoms with van der Waals surface area (Å²) in [5, 5.41) is 33.0. The smallest absolute Gasteiger partial charge is 0.276 e. The number of rotatable bonds is 9. The maximum atomic E-state index is 12.1. The number of nitrogens with two attached hydrogens (primary N) is 4. The van der Waals surface area contributed by atoms with Crippen LogP contribution < -0.4 is 40.2 Å². The maximum absolute atomic E-state index is 12.1. The molecule has 0 amide bonds. The number of aryl methyl sites for hydroxylation is 10. The number of hydrogen-bond acceptors (Lipinski definition) is 17. The zero-order chi connectivity index (χ0) is 71.5. The van der Waals surface area contributed by atoms with Gasteiger partial charge in [0.2, 0.25) is 0 Å². The molecule has 9 heterocycles. The van der Waals surface area contributed by atoms with Crippen LogP contribution in [-0.4, -0.2) is 192 Å². The highest BCUT2D eigenvalue weighted by Gasteiger charge is 2.29. The molecule has 0 radical (unpaired) electrons. The predicted molar refractivity (Wildman–Crippen MR) is 402 cm³/mol. The lowest BCUT2D eigenvalue weighted by atomic mass is 10.0. The summed E-state index contributed by atoms with van der Waals surface area (Å²) >= 11 is 0. The molecule has 0 saturated carbocycles. The summed E-state index contributed by atoms with van der Waals surface area (Å²) in [5.41, 5.74) is 21.1. The quantitative estimate of drug-likeness (QED) is 0.0910. The van der Waals surface area contributed by atoms with Crippen molar-refractivity contribution in [2.24, 2.45) is 20.6 Å². The molecule has 9 N–H and O–H groups in total. The Morgan fingerprint density at radius 1 is 0.364 bits per heavy atom. The molecule has 5 aromatic heterocycles. The first-order valence-corrected chi connectivity index (χ1v) is 39.6. The Morgan fingerprint density at radius 2 is 0.697 bits per heavy atom. The van der Waals surface area contributed by atoms with Crippen molar-refractivity contribution >= 4 is 113 Å². The normalized spacial score (nSPS) is 17.6. The average molecular weight is 1430 g/mol. The van der Waals surface area contributed by atoms with Crippen molar-refractivity contribution < 1.29 is 29.5 Å². The van der Waals surface area contributed by atoms with Gasteiger partial charge in [-0.05, 0) is 211 Å². The lowest BCUT2D eigenvalue weighted by Crippen LogP contribution is -2.39. The van der Waals surface area contributed by atoms with E-state index < -0.39 is 40.5 Å². The molecule has 532 valence electrons. The summed E-state index contributed by atoms with van der Waals surface area (Å²) in [6.45, 7) is 30.5. The number of H-pyrrole nitrogens is 1. The van der Waals surface area contributed by atoms with Gasteiger partial charge < -0.3 is 19.6 Å². The molecule has 0 bridgehead atoms. The minimum atomic E-state index is -3.63. The van der Waals surface area contributed by atoms with Gasteiger partial charge in [0.05, 0.1) is 54.7 Å². The van der Waals surface area contributed by atoms with Gasteiger partial charge >= 0.3 is 0 Å². The second-order valence-electron chi connectivity index (χ2n) is 26.4. The van der Waals surface area contributed by atoms with E-state index in [1.807, 2.05) is 24.7 Å². The number of benzene rings is 4. The van der Waals surface area contributed by atoms with E-state index >= 15 is 0 Å². The average Bonchev–Trinajstić information content (AvgIpc) is 1.36. The number of hydrogen-bond donors (Lipinski definition) is 5. The number of nitrogens with one attached hydrogen (secondary N) is 1. The second-order valence-corrected chi connectivity index (χ2v) is 32.9. The lowest BCUT2D eigenvalue weighted by molar-refractivity contribution is 0.433. The molecule has 4 saturated heterocycles. The van der Waals surface area contributed by atoms with Crippen molar-refractivity contribution in [3.63, 3.8) is 0 Å². The minimum absolute atomic E-state index is 0.410. The van der Waals surface area contributed by atoms with E-state index in [0.717, 1.165) is 152 Å². The molecule has 0 aliphatic carbocycles. The van der Waals surface area contributed by atoms with Crippen molar-refractivity contribution in [2.45, 2.75) is 94.9 Å². The third kappa shape index (κ3) is 17.6. The van der Waals surface area contributed by atoms with Crippen LogP contribution in [0.2, 0.25) is 0 Å². The molecule has 4 aromatic carbocycles. The molecule has 1 unspecified atom stereocenters. The lowest BCUT2D eigenvalue weighted by Gasteiger charge is -2.26. The third-order valence-electron chi connectivity index (χ3n) is 19.2. The van der Waals surface area contributed by atoms with E-state index in [4.69, 9.17) is 20.6 Å². The fourth-order valence-electron chi connectivity index (χ4n) is 13.5. The highest BCUT2D eigenvalue weighted by atomic mass is 32.2. The Labute approximate surface area is 583 Å². The van der Waals surface area contributed by atoms with Crippen LogP contribution in [0.25, 0.3) is 54.9 Å². The molecule has 13 rings (SSSR count). The van der Waals surface area contributed by atoms with Crippen LogP contribution in [0.1, 0.15) is 81.3 Å². The molecule has 30 heteroatoms. The molecule has 4 aliphatic rings.